The van der Waals surface area contributed by atoms with Crippen LogP contribution in [0, 0.1) is 6.92 Å². The summed E-state index contributed by atoms with van der Waals surface area (Å²) in [7, 11) is 0. The number of aryl methyl sites for hydroxylation is 1. The molecule has 1 amide bonds. The van der Waals surface area contributed by atoms with E-state index in [0.29, 0.717) is 24.1 Å². The zero-order valence-electron chi connectivity index (χ0n) is 18.0. The molecule has 3 aromatic carbocycles. The first-order valence-corrected chi connectivity index (χ1v) is 10.4. The van der Waals surface area contributed by atoms with Crippen LogP contribution in [0.25, 0.3) is 23.2 Å². The van der Waals surface area contributed by atoms with Crippen molar-refractivity contribution in [2.24, 2.45) is 0 Å². The Labute approximate surface area is 187 Å². The molecule has 32 heavy (non-hydrogen) atoms. The van der Waals surface area contributed by atoms with E-state index in [1.807, 2.05) is 92.7 Å². The Morgan fingerprint density at radius 2 is 1.72 bits per heavy atom. The van der Waals surface area contributed by atoms with Gasteiger partial charge in [-0.05, 0) is 55.3 Å². The Morgan fingerprint density at radius 1 is 1.00 bits per heavy atom. The van der Waals surface area contributed by atoms with Gasteiger partial charge >= 0.3 is 6.01 Å². The third-order valence-electron chi connectivity index (χ3n) is 4.85. The molecular formula is C26H24N4O2. The first-order valence-electron chi connectivity index (χ1n) is 10.4. The van der Waals surface area contributed by atoms with E-state index in [1.54, 1.807) is 10.8 Å². The van der Waals surface area contributed by atoms with E-state index in [0.717, 1.165) is 22.4 Å². The third kappa shape index (κ3) is 4.92. The van der Waals surface area contributed by atoms with E-state index >= 15 is 0 Å². The fraction of sp³-hybridized carbons (Fsp3) is 0.115. The molecule has 6 nitrogen and oxygen atoms in total. The number of carbonyl (C=O) groups is 1. The van der Waals surface area contributed by atoms with Gasteiger partial charge in [0, 0.05) is 17.3 Å². The van der Waals surface area contributed by atoms with Crippen LogP contribution >= 0.6 is 0 Å². The van der Waals surface area contributed by atoms with Crippen LogP contribution in [-0.2, 0) is 4.79 Å². The summed E-state index contributed by atoms with van der Waals surface area (Å²) in [6.07, 6.45) is 3.30. The summed E-state index contributed by atoms with van der Waals surface area (Å²) < 4.78 is 7.30. The zero-order valence-corrected chi connectivity index (χ0v) is 18.0. The van der Waals surface area contributed by atoms with Gasteiger partial charge in [0.15, 0.2) is 5.82 Å². The molecule has 0 atom stereocenters. The standard InChI is InChI=1S/C26H24N4O2/c1-3-32-26-28-25(23-12-8-7-9-19(23)2)30(29-26)22-16-14-21(15-17-22)27-24(31)18-13-20-10-5-4-6-11-20/h4-18H,3H2,1-2H3,(H,27,31)/b18-13+. The fourth-order valence-electron chi connectivity index (χ4n) is 3.27. The maximum atomic E-state index is 12.3. The van der Waals surface area contributed by atoms with Gasteiger partial charge in [0.1, 0.15) is 0 Å². The van der Waals surface area contributed by atoms with Gasteiger partial charge in [-0.1, -0.05) is 54.6 Å². The highest BCUT2D eigenvalue weighted by Gasteiger charge is 2.16. The highest BCUT2D eigenvalue weighted by atomic mass is 16.5. The van der Waals surface area contributed by atoms with Gasteiger partial charge in [0.25, 0.3) is 0 Å². The van der Waals surface area contributed by atoms with Crippen molar-refractivity contribution in [3.05, 3.63) is 96.1 Å². The van der Waals surface area contributed by atoms with E-state index in [-0.39, 0.29) is 5.91 Å². The lowest BCUT2D eigenvalue weighted by Gasteiger charge is -2.09. The predicted molar refractivity (Wildman–Crippen MR) is 127 cm³/mol. The summed E-state index contributed by atoms with van der Waals surface area (Å²) in [5.41, 5.74) is 4.56. The molecule has 1 aromatic heterocycles. The van der Waals surface area contributed by atoms with Crippen molar-refractivity contribution >= 4 is 17.7 Å². The number of aromatic nitrogens is 3. The molecule has 0 aliphatic carbocycles. The van der Waals surface area contributed by atoms with Crippen molar-refractivity contribution in [3.63, 3.8) is 0 Å². The summed E-state index contributed by atoms with van der Waals surface area (Å²) in [6, 6.07) is 25.5. The molecule has 6 heteroatoms. The molecule has 0 unspecified atom stereocenters. The second kappa shape index (κ2) is 9.75. The van der Waals surface area contributed by atoms with Crippen molar-refractivity contribution in [1.82, 2.24) is 14.8 Å². The number of amides is 1. The van der Waals surface area contributed by atoms with Gasteiger partial charge < -0.3 is 10.1 Å². The molecule has 4 rings (SSSR count). The Kier molecular flexibility index (Phi) is 6.41. The average Bonchev–Trinajstić information content (AvgIpc) is 3.23. The Morgan fingerprint density at radius 3 is 2.44 bits per heavy atom. The number of nitrogens with one attached hydrogen (secondary N) is 1. The maximum Gasteiger partial charge on any atom is 0.336 e. The molecule has 0 spiro atoms. The summed E-state index contributed by atoms with van der Waals surface area (Å²) in [6.45, 7) is 4.42. The molecule has 0 saturated heterocycles. The smallest absolute Gasteiger partial charge is 0.336 e. The minimum absolute atomic E-state index is 0.193. The van der Waals surface area contributed by atoms with Crippen LogP contribution in [-0.4, -0.2) is 27.3 Å². The molecule has 0 aliphatic rings. The minimum Gasteiger partial charge on any atom is -0.463 e. The number of rotatable bonds is 7. The topological polar surface area (TPSA) is 69.0 Å². The largest absolute Gasteiger partial charge is 0.463 e. The molecule has 0 bridgehead atoms. The zero-order chi connectivity index (χ0) is 22.3. The van der Waals surface area contributed by atoms with Crippen LogP contribution in [0.4, 0.5) is 5.69 Å². The first kappa shape index (κ1) is 21.1. The van der Waals surface area contributed by atoms with Crippen molar-refractivity contribution in [2.75, 3.05) is 11.9 Å². The molecule has 0 radical (unpaired) electrons. The third-order valence-corrected chi connectivity index (χ3v) is 4.85. The summed E-state index contributed by atoms with van der Waals surface area (Å²) in [4.78, 5) is 16.8. The average molecular weight is 425 g/mol. The second-order valence-corrected chi connectivity index (χ2v) is 7.16. The predicted octanol–water partition coefficient (Wildman–Crippen LogP) is 5.29. The lowest BCUT2D eigenvalue weighted by molar-refractivity contribution is -0.111. The monoisotopic (exact) mass is 424 g/mol. The highest BCUT2D eigenvalue weighted by molar-refractivity contribution is 6.01. The van der Waals surface area contributed by atoms with Crippen LogP contribution in [0.1, 0.15) is 18.1 Å². The summed E-state index contributed by atoms with van der Waals surface area (Å²) in [5.74, 6) is 0.510. The Bertz CT molecular complexity index is 1230. The van der Waals surface area contributed by atoms with Crippen LogP contribution in [0.3, 0.4) is 0 Å². The molecule has 4 aromatic rings. The van der Waals surface area contributed by atoms with Gasteiger partial charge in [-0.25, -0.2) is 4.68 Å². The van der Waals surface area contributed by atoms with Crippen molar-refractivity contribution < 1.29 is 9.53 Å². The Hall–Kier alpha value is -4.19. The number of hydrogen-bond acceptors (Lipinski definition) is 4. The van der Waals surface area contributed by atoms with E-state index in [1.165, 1.54) is 6.08 Å². The van der Waals surface area contributed by atoms with Gasteiger partial charge in [-0.15, -0.1) is 5.10 Å². The van der Waals surface area contributed by atoms with E-state index in [4.69, 9.17) is 4.74 Å². The molecule has 160 valence electrons. The number of hydrogen-bond donors (Lipinski definition) is 1. The van der Waals surface area contributed by atoms with Gasteiger partial charge in [-0.2, -0.15) is 4.98 Å². The fourth-order valence-corrected chi connectivity index (χ4v) is 3.27. The van der Waals surface area contributed by atoms with Crippen molar-refractivity contribution in [1.29, 1.82) is 0 Å². The van der Waals surface area contributed by atoms with E-state index in [9.17, 15) is 4.79 Å². The number of benzene rings is 3. The second-order valence-electron chi connectivity index (χ2n) is 7.16. The minimum atomic E-state index is -0.193. The first-order chi connectivity index (χ1) is 15.6. The Balaban J connectivity index is 1.55. The SMILES string of the molecule is CCOc1nc(-c2ccccc2C)n(-c2ccc(NC(=O)/C=C/c3ccccc3)cc2)n1. The molecule has 1 N–H and O–H groups in total. The quantitative estimate of drug-likeness (QED) is 0.409. The van der Waals surface area contributed by atoms with E-state index in [2.05, 4.69) is 15.4 Å². The normalized spacial score (nSPS) is 10.9. The number of carbonyl (C=O) groups excluding carboxylic acids is 1. The van der Waals surface area contributed by atoms with Gasteiger partial charge in [0.2, 0.25) is 5.91 Å². The maximum absolute atomic E-state index is 12.3. The van der Waals surface area contributed by atoms with Gasteiger partial charge in [-0.3, -0.25) is 4.79 Å². The van der Waals surface area contributed by atoms with Crippen LogP contribution in [0.15, 0.2) is 84.9 Å². The molecule has 0 aliphatic heterocycles. The van der Waals surface area contributed by atoms with Crippen molar-refractivity contribution in [2.45, 2.75) is 13.8 Å². The summed E-state index contributed by atoms with van der Waals surface area (Å²) >= 11 is 0. The highest BCUT2D eigenvalue weighted by Crippen LogP contribution is 2.26. The van der Waals surface area contributed by atoms with Crippen molar-refractivity contribution in [3.8, 4) is 23.1 Å². The molecule has 0 fully saturated rings. The van der Waals surface area contributed by atoms with Crippen LogP contribution in [0.5, 0.6) is 6.01 Å². The van der Waals surface area contributed by atoms with Crippen LogP contribution in [0.2, 0.25) is 0 Å². The molecular weight excluding hydrogens is 400 g/mol. The van der Waals surface area contributed by atoms with Gasteiger partial charge in [0.05, 0.1) is 12.3 Å². The lowest BCUT2D eigenvalue weighted by Crippen LogP contribution is -2.08. The molecule has 0 saturated carbocycles. The van der Waals surface area contributed by atoms with Crippen LogP contribution < -0.4 is 10.1 Å². The number of anilines is 1. The van der Waals surface area contributed by atoms with E-state index < -0.39 is 0 Å². The lowest BCUT2D eigenvalue weighted by atomic mass is 10.1. The summed E-state index contributed by atoms with van der Waals surface area (Å²) in [5, 5.41) is 7.40. The molecule has 1 heterocycles. The number of nitrogens with zero attached hydrogens (tertiary/aromatic N) is 3. The number of ether oxygens (including phenoxy) is 1.